The number of unbranched alkanes of at least 4 members (excludes halogenated alkanes) is 1. The fourth-order valence-electron chi connectivity index (χ4n) is 8.66. The number of carbonyl (C=O) groups excluding carboxylic acids is 9. The summed E-state index contributed by atoms with van der Waals surface area (Å²) < 4.78 is 0. The number of rotatable bonds is 41. The Hall–Kier alpha value is -6.73. The average molecular weight is 1130 g/mol. The van der Waals surface area contributed by atoms with Crippen LogP contribution in [0.25, 0.3) is 0 Å². The summed E-state index contributed by atoms with van der Waals surface area (Å²) in [6.07, 6.45) is 1.82. The van der Waals surface area contributed by atoms with Crippen LogP contribution in [-0.4, -0.2) is 150 Å². The first-order chi connectivity index (χ1) is 37.3. The van der Waals surface area contributed by atoms with Gasteiger partial charge in [-0.05, 0) is 81.1 Å². The molecule has 24 nitrogen and oxygen atoms in total. The Labute approximate surface area is 465 Å². The van der Waals surface area contributed by atoms with E-state index in [1.54, 1.807) is 6.26 Å². The van der Waals surface area contributed by atoms with Gasteiger partial charge < -0.3 is 63.9 Å². The van der Waals surface area contributed by atoms with Gasteiger partial charge in [-0.2, -0.15) is 11.8 Å². The predicted molar refractivity (Wildman–Crippen MR) is 296 cm³/mol. The molecule has 0 fully saturated rings. The average Bonchev–Trinajstić information content (AvgIpc) is 3.90. The number of carbonyl (C=O) groups is 10. The molecule has 5 amide bonds. The normalized spacial score (nSPS) is 15.1. The van der Waals surface area contributed by atoms with Gasteiger partial charge in [-0.1, -0.05) is 52.7 Å². The number of aliphatic hydroxyl groups excluding tert-OH is 2. The Morgan fingerprint density at radius 3 is 1.75 bits per heavy atom. The molecule has 15 N–H and O–H groups in total. The summed E-state index contributed by atoms with van der Waals surface area (Å²) in [6, 6.07) is 0.528. The number of imidazole rings is 1. The molecule has 1 aromatic heterocycles. The van der Waals surface area contributed by atoms with Gasteiger partial charge in [0.05, 0.1) is 67.4 Å². The highest BCUT2D eigenvalue weighted by atomic mass is 32.2. The van der Waals surface area contributed by atoms with Gasteiger partial charge in [0.2, 0.25) is 29.5 Å². The maximum Gasteiger partial charge on any atom is 0.305 e. The van der Waals surface area contributed by atoms with E-state index in [0.29, 0.717) is 29.9 Å². The molecule has 0 spiro atoms. The monoisotopic (exact) mass is 1130 g/mol. The Morgan fingerprint density at radius 1 is 0.684 bits per heavy atom. The van der Waals surface area contributed by atoms with Gasteiger partial charge in [0.15, 0.2) is 29.1 Å². The van der Waals surface area contributed by atoms with Gasteiger partial charge in [-0.15, -0.1) is 0 Å². The van der Waals surface area contributed by atoms with Crippen molar-refractivity contribution in [2.24, 2.45) is 57.7 Å². The Morgan fingerprint density at radius 2 is 1.23 bits per heavy atom. The van der Waals surface area contributed by atoms with Crippen LogP contribution in [0.5, 0.6) is 5.75 Å². The first-order valence-corrected chi connectivity index (χ1v) is 28.1. The molecule has 0 bridgehead atoms. The number of thioether (sulfide) groups is 1. The summed E-state index contributed by atoms with van der Waals surface area (Å²) in [5.74, 6) is -13.5. The number of phenolic OH excluding ortho intramolecular Hbond substituents is 1. The number of phenols is 1. The number of guanidine groups is 1. The second kappa shape index (κ2) is 35.7. The smallest absolute Gasteiger partial charge is 0.305 e. The number of aliphatic carboxylic acids is 1. The molecule has 440 valence electrons. The number of ketones is 4. The summed E-state index contributed by atoms with van der Waals surface area (Å²) in [4.78, 5) is 147. The zero-order chi connectivity index (χ0) is 59.4. The third kappa shape index (κ3) is 25.7. The van der Waals surface area contributed by atoms with Crippen LogP contribution in [0.2, 0.25) is 0 Å². The van der Waals surface area contributed by atoms with Crippen molar-refractivity contribution in [1.82, 2.24) is 31.2 Å². The summed E-state index contributed by atoms with van der Waals surface area (Å²) >= 11 is 1.39. The molecule has 0 saturated heterocycles. The van der Waals surface area contributed by atoms with Crippen LogP contribution in [0, 0.1) is 35.5 Å². The molecule has 25 heteroatoms. The molecular formula is C54H84N10O14S. The molecular weight excluding hydrogens is 1040 g/mol. The first-order valence-electron chi connectivity index (χ1n) is 26.7. The van der Waals surface area contributed by atoms with Crippen LogP contribution in [-0.2, 0) is 60.8 Å². The number of aliphatic hydroxyl groups is 2. The van der Waals surface area contributed by atoms with Crippen LogP contribution in [0.3, 0.4) is 0 Å². The quantitative estimate of drug-likeness (QED) is 0.0252. The van der Waals surface area contributed by atoms with E-state index < -0.39 is 151 Å². The SMILES string of the molecule is CCCC[C@H](CC(=O)[C@H](CC(=O)O)NC(=O)[C@@H](CC(=O)[C@H](CCSC)NC(=O)[C@@H](C)CO)[C@@H](C)O)C(=O)N[C@@H](Cc1ccc(O)cc1)C(=O)C[C@@H](CCCN=C(N)N)C(=O)N[C@@H](CC(C)C)C(=O)C[C@@H](Cc1cnc[nH]1)C(N)=O. The van der Waals surface area contributed by atoms with Crippen molar-refractivity contribution < 1.29 is 68.4 Å². The summed E-state index contributed by atoms with van der Waals surface area (Å²) in [7, 11) is 0. The van der Waals surface area contributed by atoms with E-state index in [-0.39, 0.29) is 75.5 Å². The number of hydrogen-bond acceptors (Lipinski definition) is 16. The van der Waals surface area contributed by atoms with E-state index in [0.717, 1.165) is 0 Å². The molecule has 2 aromatic rings. The number of benzene rings is 1. The lowest BCUT2D eigenvalue weighted by molar-refractivity contribution is -0.142. The van der Waals surface area contributed by atoms with Gasteiger partial charge in [0.1, 0.15) is 5.75 Å². The summed E-state index contributed by atoms with van der Waals surface area (Å²) in [6.45, 7) is 7.79. The van der Waals surface area contributed by atoms with Crippen LogP contribution < -0.4 is 38.5 Å². The number of nitrogens with zero attached hydrogens (tertiary/aromatic N) is 2. The molecule has 10 atom stereocenters. The number of aliphatic imine (C=N–C) groups is 1. The van der Waals surface area contributed by atoms with Crippen LogP contribution in [0.4, 0.5) is 0 Å². The number of amides is 5. The Bertz CT molecular complexity index is 2350. The number of Topliss-reactive ketones (excluding diaryl/α,β-unsaturated/α-hetero) is 4. The molecule has 0 radical (unpaired) electrons. The zero-order valence-corrected chi connectivity index (χ0v) is 47.1. The number of aromatic amines is 1. The minimum atomic E-state index is -1.74. The largest absolute Gasteiger partial charge is 0.508 e. The van der Waals surface area contributed by atoms with E-state index in [4.69, 9.17) is 17.2 Å². The number of carboxylic acids is 1. The minimum absolute atomic E-state index is 0.0357. The number of H-pyrrole nitrogens is 1. The highest BCUT2D eigenvalue weighted by Crippen LogP contribution is 2.23. The highest BCUT2D eigenvalue weighted by Gasteiger charge is 2.37. The molecule has 0 unspecified atom stereocenters. The van der Waals surface area contributed by atoms with Crippen molar-refractivity contribution in [3.63, 3.8) is 0 Å². The van der Waals surface area contributed by atoms with Crippen molar-refractivity contribution in [1.29, 1.82) is 0 Å². The fraction of sp³-hybridized carbons (Fsp3) is 0.630. The molecule has 79 heavy (non-hydrogen) atoms. The van der Waals surface area contributed by atoms with E-state index >= 15 is 0 Å². The molecule has 0 aliphatic carbocycles. The molecule has 1 heterocycles. The molecule has 1 aromatic carbocycles. The highest BCUT2D eigenvalue weighted by molar-refractivity contribution is 7.98. The second-order valence-corrected chi connectivity index (χ2v) is 21.6. The maximum absolute atomic E-state index is 14.7. The van der Waals surface area contributed by atoms with Crippen LogP contribution in [0.15, 0.2) is 41.8 Å². The number of aromatic nitrogens is 2. The zero-order valence-electron chi connectivity index (χ0n) is 46.2. The van der Waals surface area contributed by atoms with Crippen molar-refractivity contribution in [3.05, 3.63) is 48.0 Å². The van der Waals surface area contributed by atoms with Gasteiger partial charge in [-0.3, -0.25) is 52.9 Å². The second-order valence-electron chi connectivity index (χ2n) is 20.6. The molecule has 0 saturated carbocycles. The number of primary amides is 1. The summed E-state index contributed by atoms with van der Waals surface area (Å²) in [5.41, 5.74) is 17.9. The minimum Gasteiger partial charge on any atom is -0.508 e. The van der Waals surface area contributed by atoms with Crippen molar-refractivity contribution in [2.75, 3.05) is 25.2 Å². The number of hydrogen-bond donors (Lipinski definition) is 12. The van der Waals surface area contributed by atoms with E-state index in [1.165, 1.54) is 62.4 Å². The lowest BCUT2D eigenvalue weighted by Crippen LogP contribution is -2.50. The number of carboxylic acid groups (broad SMARTS) is 1. The van der Waals surface area contributed by atoms with Crippen LogP contribution in [0.1, 0.15) is 123 Å². The van der Waals surface area contributed by atoms with Crippen LogP contribution >= 0.6 is 11.8 Å². The van der Waals surface area contributed by atoms with E-state index in [9.17, 15) is 68.4 Å². The maximum atomic E-state index is 14.7. The number of nitrogens with one attached hydrogen (secondary N) is 5. The van der Waals surface area contributed by atoms with E-state index in [1.807, 2.05) is 20.8 Å². The first kappa shape index (κ1) is 68.4. The molecule has 2 rings (SSSR count). The third-order valence-corrected chi connectivity index (χ3v) is 14.0. The van der Waals surface area contributed by atoms with Crippen molar-refractivity contribution in [2.45, 2.75) is 155 Å². The molecule has 0 aliphatic heterocycles. The molecule has 0 aliphatic rings. The summed E-state index contributed by atoms with van der Waals surface area (Å²) in [5, 5.41) is 50.7. The van der Waals surface area contributed by atoms with Gasteiger partial charge >= 0.3 is 5.97 Å². The van der Waals surface area contributed by atoms with Crippen molar-refractivity contribution >= 4 is 76.4 Å². The Kier molecular flexibility index (Phi) is 30.9. The Balaban J connectivity index is 2.52. The van der Waals surface area contributed by atoms with E-state index in [2.05, 4.69) is 36.2 Å². The van der Waals surface area contributed by atoms with Gasteiger partial charge in [-0.25, -0.2) is 4.98 Å². The lowest BCUT2D eigenvalue weighted by atomic mass is 9.88. The number of aromatic hydroxyl groups is 1. The topological polar surface area (TPSA) is 419 Å². The number of nitrogens with two attached hydrogens (primary N) is 3. The van der Waals surface area contributed by atoms with Crippen molar-refractivity contribution in [3.8, 4) is 5.75 Å². The predicted octanol–water partition coefficient (Wildman–Crippen LogP) is 1.15. The third-order valence-electron chi connectivity index (χ3n) is 13.4. The lowest BCUT2D eigenvalue weighted by Gasteiger charge is -2.27. The van der Waals surface area contributed by atoms with Gasteiger partial charge in [0, 0.05) is 62.4 Å². The standard InChI is InChI=1S/C54H84N10O14S/c1-7-8-10-34(22-45(69)43(26-48(72)73)64-53(78)39(32(5)66)25-47(71)40(16-18-79-6)61-50(75)31(4)28-65)51(76)63-42(20-33-12-14-38(67)15-13-33)44(68)23-35(11-9-17-59-54(56)57)52(77)62-41(19-30(2)3)46(70)24-36(49(55)74)21-37-27-58-29-60-37/h12-15,27,29-32,34-36,39-43,65-67H,7-11,16-26,28H2,1-6H3,(H2,55,74)(H,58,60)(H,61,75)(H,62,77)(H,63,76)(H,64,78)(H,72,73)(H4,56,57,59)/t31-,32+,34+,35+,36+,39-,40-,41-,42-,43-/m0/s1. The fourth-order valence-corrected chi connectivity index (χ4v) is 9.13. The van der Waals surface area contributed by atoms with Gasteiger partial charge in [0.25, 0.3) is 0 Å².